The number of nitrogens with one attached hydrogen (secondary N) is 1. The predicted octanol–water partition coefficient (Wildman–Crippen LogP) is 0.464. The van der Waals surface area contributed by atoms with Crippen molar-refractivity contribution in [3.63, 3.8) is 0 Å². The molecule has 140 valence electrons. The summed E-state index contributed by atoms with van der Waals surface area (Å²) in [4.78, 5) is 14.1. The number of hydrogen-bond donors (Lipinski definition) is 2. The standard InChI is InChI=1S/C16H22N6O3S/c1-13(14-5-2-3-6-15(14)22-8-4-7-18-22)19-16(23)20-9-11-21(12-10-20)26(17,24)25/h2-8,13H,9-12H2,1H3,(H,19,23)(H2,17,24,25). The summed E-state index contributed by atoms with van der Waals surface area (Å²) in [7, 11) is -3.71. The normalized spacial score (nSPS) is 17.1. The molecular weight excluding hydrogens is 356 g/mol. The summed E-state index contributed by atoms with van der Waals surface area (Å²) in [6.45, 7) is 2.90. The molecule has 0 radical (unpaired) electrons. The van der Waals surface area contributed by atoms with Gasteiger partial charge in [-0.2, -0.15) is 17.8 Å². The Balaban J connectivity index is 1.66. The van der Waals surface area contributed by atoms with E-state index in [-0.39, 0.29) is 25.2 Å². The summed E-state index contributed by atoms with van der Waals surface area (Å²) in [5, 5.41) is 12.3. The zero-order valence-corrected chi connectivity index (χ0v) is 15.3. The van der Waals surface area contributed by atoms with Gasteiger partial charge in [-0.1, -0.05) is 18.2 Å². The first-order valence-corrected chi connectivity index (χ1v) is 9.79. The number of nitrogens with zero attached hydrogens (tertiary/aromatic N) is 4. The van der Waals surface area contributed by atoms with Gasteiger partial charge >= 0.3 is 6.03 Å². The van der Waals surface area contributed by atoms with Gasteiger partial charge < -0.3 is 10.2 Å². The van der Waals surface area contributed by atoms with Gasteiger partial charge in [0, 0.05) is 38.6 Å². The second kappa shape index (κ2) is 7.44. The highest BCUT2D eigenvalue weighted by Crippen LogP contribution is 2.21. The van der Waals surface area contributed by atoms with Crippen LogP contribution in [0.25, 0.3) is 5.69 Å². The fourth-order valence-electron chi connectivity index (χ4n) is 2.97. The minimum Gasteiger partial charge on any atom is -0.331 e. The fraction of sp³-hybridized carbons (Fsp3) is 0.375. The van der Waals surface area contributed by atoms with E-state index < -0.39 is 10.2 Å². The number of amides is 2. The maximum Gasteiger partial charge on any atom is 0.317 e. The number of carbonyl (C=O) groups excluding carboxylic acids is 1. The van der Waals surface area contributed by atoms with Gasteiger partial charge in [0.05, 0.1) is 11.7 Å². The lowest BCUT2D eigenvalue weighted by molar-refractivity contribution is 0.169. The number of carbonyl (C=O) groups is 1. The first-order valence-electron chi connectivity index (χ1n) is 8.28. The Morgan fingerprint density at radius 1 is 1.19 bits per heavy atom. The molecule has 2 aromatic rings. The highest BCUT2D eigenvalue weighted by molar-refractivity contribution is 7.86. The maximum atomic E-state index is 12.5. The molecule has 9 nitrogen and oxygen atoms in total. The van der Waals surface area contributed by atoms with Crippen molar-refractivity contribution >= 4 is 16.2 Å². The molecule has 1 atom stereocenters. The summed E-state index contributed by atoms with van der Waals surface area (Å²) >= 11 is 0. The second-order valence-electron chi connectivity index (χ2n) is 6.11. The van der Waals surface area contributed by atoms with Crippen molar-refractivity contribution in [1.82, 2.24) is 24.3 Å². The number of benzene rings is 1. The molecule has 1 aromatic carbocycles. The minimum absolute atomic E-state index is 0.199. The molecule has 2 heterocycles. The van der Waals surface area contributed by atoms with Crippen molar-refractivity contribution in [1.29, 1.82) is 0 Å². The van der Waals surface area contributed by atoms with Crippen molar-refractivity contribution in [3.05, 3.63) is 48.3 Å². The van der Waals surface area contributed by atoms with Crippen LogP contribution in [0, 0.1) is 0 Å². The Kier molecular flexibility index (Phi) is 5.25. The fourth-order valence-corrected chi connectivity index (χ4v) is 3.65. The van der Waals surface area contributed by atoms with Crippen LogP contribution < -0.4 is 10.5 Å². The summed E-state index contributed by atoms with van der Waals surface area (Å²) in [5.74, 6) is 0. The molecule has 0 aliphatic carbocycles. The van der Waals surface area contributed by atoms with E-state index in [1.54, 1.807) is 15.8 Å². The third-order valence-corrected chi connectivity index (χ3v) is 5.47. The first kappa shape index (κ1) is 18.4. The molecule has 10 heteroatoms. The van der Waals surface area contributed by atoms with Gasteiger partial charge in [0.2, 0.25) is 0 Å². The first-order chi connectivity index (χ1) is 12.4. The van der Waals surface area contributed by atoms with Crippen molar-refractivity contribution < 1.29 is 13.2 Å². The van der Waals surface area contributed by atoms with Crippen molar-refractivity contribution in [2.24, 2.45) is 5.14 Å². The van der Waals surface area contributed by atoms with Crippen LogP contribution >= 0.6 is 0 Å². The number of piperazine rings is 1. The molecule has 3 rings (SSSR count). The molecule has 0 saturated carbocycles. The third-order valence-electron chi connectivity index (χ3n) is 4.38. The number of hydrogen-bond acceptors (Lipinski definition) is 4. The van der Waals surface area contributed by atoms with E-state index in [2.05, 4.69) is 10.4 Å². The average molecular weight is 378 g/mol. The van der Waals surface area contributed by atoms with Gasteiger partial charge in [0.1, 0.15) is 0 Å². The van der Waals surface area contributed by atoms with Crippen molar-refractivity contribution in [2.75, 3.05) is 26.2 Å². The van der Waals surface area contributed by atoms with Crippen molar-refractivity contribution in [2.45, 2.75) is 13.0 Å². The summed E-state index contributed by atoms with van der Waals surface area (Å²) in [5.41, 5.74) is 1.83. The SMILES string of the molecule is CC(NC(=O)N1CCN(S(N)(=O)=O)CC1)c1ccccc1-n1cccn1. The van der Waals surface area contributed by atoms with Crippen molar-refractivity contribution in [3.8, 4) is 5.69 Å². The van der Waals surface area contributed by atoms with Crippen LogP contribution in [0.1, 0.15) is 18.5 Å². The Hall–Kier alpha value is -2.43. The minimum atomic E-state index is -3.71. The molecule has 1 aromatic heterocycles. The number of aromatic nitrogens is 2. The van der Waals surface area contributed by atoms with E-state index >= 15 is 0 Å². The van der Waals surface area contributed by atoms with Crippen LogP contribution in [-0.2, 0) is 10.2 Å². The summed E-state index contributed by atoms with van der Waals surface area (Å²) in [6, 6.07) is 9.08. The van der Waals surface area contributed by atoms with Crippen LogP contribution in [0.15, 0.2) is 42.7 Å². The molecule has 1 saturated heterocycles. The number of para-hydroxylation sites is 1. The van der Waals surface area contributed by atoms with Crippen LogP contribution in [-0.4, -0.2) is 59.6 Å². The number of rotatable bonds is 4. The molecule has 1 unspecified atom stereocenters. The van der Waals surface area contributed by atoms with Crippen LogP contribution in [0.5, 0.6) is 0 Å². The lowest BCUT2D eigenvalue weighted by Crippen LogP contribution is -2.54. The highest BCUT2D eigenvalue weighted by atomic mass is 32.2. The van der Waals surface area contributed by atoms with E-state index in [4.69, 9.17) is 5.14 Å². The quantitative estimate of drug-likeness (QED) is 0.805. The molecule has 2 amide bonds. The molecule has 0 bridgehead atoms. The molecule has 3 N–H and O–H groups in total. The average Bonchev–Trinajstić information content (AvgIpc) is 3.15. The zero-order valence-electron chi connectivity index (χ0n) is 14.4. The van der Waals surface area contributed by atoms with Crippen LogP contribution in [0.3, 0.4) is 0 Å². The molecule has 1 aliphatic heterocycles. The Morgan fingerprint density at radius 3 is 2.50 bits per heavy atom. The smallest absolute Gasteiger partial charge is 0.317 e. The largest absolute Gasteiger partial charge is 0.331 e. The van der Waals surface area contributed by atoms with E-state index in [9.17, 15) is 13.2 Å². The predicted molar refractivity (Wildman–Crippen MR) is 96.8 cm³/mol. The molecule has 26 heavy (non-hydrogen) atoms. The number of urea groups is 1. The topological polar surface area (TPSA) is 114 Å². The lowest BCUT2D eigenvalue weighted by atomic mass is 10.1. The van der Waals surface area contributed by atoms with Gasteiger partial charge in [-0.3, -0.25) is 0 Å². The Bertz CT molecular complexity index is 860. The van der Waals surface area contributed by atoms with Crippen LogP contribution in [0.4, 0.5) is 4.79 Å². The van der Waals surface area contributed by atoms with Gasteiger partial charge in [0.25, 0.3) is 10.2 Å². The maximum absolute atomic E-state index is 12.5. The molecular formula is C16H22N6O3S. The number of nitrogens with two attached hydrogens (primary N) is 1. The molecule has 1 fully saturated rings. The Labute approximate surface area is 152 Å². The summed E-state index contributed by atoms with van der Waals surface area (Å²) < 4.78 is 25.6. The lowest BCUT2D eigenvalue weighted by Gasteiger charge is -2.33. The zero-order chi connectivity index (χ0) is 18.7. The molecule has 1 aliphatic rings. The van der Waals surface area contributed by atoms with E-state index in [0.29, 0.717) is 13.1 Å². The summed E-state index contributed by atoms with van der Waals surface area (Å²) in [6.07, 6.45) is 3.55. The van der Waals surface area contributed by atoms with Gasteiger partial charge in [0.15, 0.2) is 0 Å². The van der Waals surface area contributed by atoms with E-state index in [0.717, 1.165) is 11.3 Å². The van der Waals surface area contributed by atoms with Gasteiger partial charge in [-0.05, 0) is 24.6 Å². The van der Waals surface area contributed by atoms with E-state index in [1.807, 2.05) is 43.5 Å². The molecule has 0 spiro atoms. The van der Waals surface area contributed by atoms with Gasteiger partial charge in [-0.25, -0.2) is 14.6 Å². The highest BCUT2D eigenvalue weighted by Gasteiger charge is 2.27. The monoisotopic (exact) mass is 378 g/mol. The third kappa shape index (κ3) is 4.03. The van der Waals surface area contributed by atoms with Crippen LogP contribution in [0.2, 0.25) is 0 Å². The Morgan fingerprint density at radius 2 is 1.88 bits per heavy atom. The van der Waals surface area contributed by atoms with E-state index in [1.165, 1.54) is 4.31 Å². The second-order valence-corrected chi connectivity index (χ2v) is 7.66. The van der Waals surface area contributed by atoms with Gasteiger partial charge in [-0.15, -0.1) is 0 Å².